The first kappa shape index (κ1) is 14.5. The maximum atomic E-state index is 12.7. The molecule has 1 atom stereocenters. The van der Waals surface area contributed by atoms with Crippen molar-refractivity contribution in [3.05, 3.63) is 30.1 Å². The fourth-order valence-corrected chi connectivity index (χ4v) is 1.91. The van der Waals surface area contributed by atoms with Crippen LogP contribution < -0.4 is 10.6 Å². The molecule has 20 heavy (non-hydrogen) atoms. The summed E-state index contributed by atoms with van der Waals surface area (Å²) in [6.45, 7) is 1.68. The molecule has 1 aliphatic rings. The van der Waals surface area contributed by atoms with Crippen LogP contribution in [0.5, 0.6) is 0 Å². The third-order valence-electron chi connectivity index (χ3n) is 3.37. The Hall–Kier alpha value is -1.95. The van der Waals surface area contributed by atoms with Crippen LogP contribution in [0.3, 0.4) is 0 Å². The van der Waals surface area contributed by atoms with Gasteiger partial charge in [-0.25, -0.2) is 4.39 Å². The topological polar surface area (TPSA) is 78.4 Å². The van der Waals surface area contributed by atoms with Crippen LogP contribution in [0.25, 0.3) is 0 Å². The molecule has 1 fully saturated rings. The van der Waals surface area contributed by atoms with Crippen molar-refractivity contribution in [3.8, 4) is 0 Å². The minimum atomic E-state index is -0.980. The first-order chi connectivity index (χ1) is 9.38. The van der Waals surface area contributed by atoms with Crippen molar-refractivity contribution in [2.75, 3.05) is 11.9 Å². The molecule has 0 spiro atoms. The molecule has 3 N–H and O–H groups in total. The minimum Gasteiger partial charge on any atom is -0.388 e. The lowest BCUT2D eigenvalue weighted by molar-refractivity contribution is -0.136. The number of nitrogens with one attached hydrogen (secondary N) is 2. The fraction of sp³-hybridized carbons (Fsp3) is 0.429. The van der Waals surface area contributed by atoms with E-state index in [0.717, 1.165) is 12.8 Å². The van der Waals surface area contributed by atoms with Crippen LogP contribution in [0.15, 0.2) is 24.3 Å². The Kier molecular flexibility index (Phi) is 4.04. The van der Waals surface area contributed by atoms with E-state index in [4.69, 9.17) is 0 Å². The number of carbonyl (C=O) groups excluding carboxylic acids is 2. The second-order valence-electron chi connectivity index (χ2n) is 5.28. The summed E-state index contributed by atoms with van der Waals surface area (Å²) >= 11 is 0. The van der Waals surface area contributed by atoms with Gasteiger partial charge in [0.15, 0.2) is 0 Å². The normalized spacial score (nSPS) is 17.1. The van der Waals surface area contributed by atoms with Gasteiger partial charge in [0.2, 0.25) is 0 Å². The number of hydrogen-bond acceptors (Lipinski definition) is 3. The summed E-state index contributed by atoms with van der Waals surface area (Å²) in [7, 11) is 0. The Morgan fingerprint density at radius 2 is 1.90 bits per heavy atom. The van der Waals surface area contributed by atoms with Gasteiger partial charge in [0.1, 0.15) is 5.82 Å². The second kappa shape index (κ2) is 5.58. The number of amides is 2. The Balaban J connectivity index is 1.82. The highest BCUT2D eigenvalue weighted by molar-refractivity contribution is 6.39. The average molecular weight is 280 g/mol. The van der Waals surface area contributed by atoms with E-state index in [-0.39, 0.29) is 12.5 Å². The van der Waals surface area contributed by atoms with Crippen LogP contribution in [0.4, 0.5) is 10.1 Å². The molecule has 108 valence electrons. The van der Waals surface area contributed by atoms with E-state index in [2.05, 4.69) is 10.6 Å². The van der Waals surface area contributed by atoms with Crippen molar-refractivity contribution in [1.82, 2.24) is 5.32 Å². The number of hydrogen-bond donors (Lipinski definition) is 3. The summed E-state index contributed by atoms with van der Waals surface area (Å²) in [6, 6.07) is 5.10. The van der Waals surface area contributed by atoms with E-state index < -0.39 is 23.2 Å². The molecule has 0 bridgehead atoms. The van der Waals surface area contributed by atoms with Gasteiger partial charge in [0.05, 0.1) is 5.60 Å². The quantitative estimate of drug-likeness (QED) is 0.721. The largest absolute Gasteiger partial charge is 0.388 e. The van der Waals surface area contributed by atoms with Crippen molar-refractivity contribution in [2.45, 2.75) is 25.4 Å². The number of benzene rings is 1. The fourth-order valence-electron chi connectivity index (χ4n) is 1.91. The van der Waals surface area contributed by atoms with Crippen molar-refractivity contribution in [1.29, 1.82) is 0 Å². The monoisotopic (exact) mass is 280 g/mol. The number of aliphatic hydroxyl groups is 1. The molecule has 2 rings (SSSR count). The Morgan fingerprint density at radius 3 is 2.45 bits per heavy atom. The summed E-state index contributed by atoms with van der Waals surface area (Å²) in [5.74, 6) is -1.91. The van der Waals surface area contributed by atoms with Gasteiger partial charge in [-0.15, -0.1) is 0 Å². The second-order valence-corrected chi connectivity index (χ2v) is 5.28. The third kappa shape index (κ3) is 3.77. The summed E-state index contributed by atoms with van der Waals surface area (Å²) in [6.07, 6.45) is 1.87. The molecule has 0 aromatic heterocycles. The van der Waals surface area contributed by atoms with Crippen molar-refractivity contribution >= 4 is 17.5 Å². The maximum Gasteiger partial charge on any atom is 0.313 e. The van der Waals surface area contributed by atoms with E-state index in [1.165, 1.54) is 24.3 Å². The van der Waals surface area contributed by atoms with E-state index in [0.29, 0.717) is 5.69 Å². The smallest absolute Gasteiger partial charge is 0.313 e. The SMILES string of the molecule is C[C@@](O)(CNC(=O)C(=O)Nc1ccc(F)cc1)C1CC1. The van der Waals surface area contributed by atoms with Crippen LogP contribution in [-0.4, -0.2) is 29.1 Å². The van der Waals surface area contributed by atoms with Crippen LogP contribution in [-0.2, 0) is 9.59 Å². The van der Waals surface area contributed by atoms with Crippen LogP contribution in [0.1, 0.15) is 19.8 Å². The molecule has 1 aliphatic carbocycles. The highest BCUT2D eigenvalue weighted by atomic mass is 19.1. The first-order valence-corrected chi connectivity index (χ1v) is 6.45. The molecule has 1 aromatic carbocycles. The first-order valence-electron chi connectivity index (χ1n) is 6.45. The average Bonchev–Trinajstić information content (AvgIpc) is 3.23. The van der Waals surface area contributed by atoms with Crippen molar-refractivity contribution < 1.29 is 19.1 Å². The molecule has 0 heterocycles. The molecule has 1 aromatic rings. The number of rotatable bonds is 4. The third-order valence-corrected chi connectivity index (χ3v) is 3.37. The molecule has 2 amide bonds. The van der Waals surface area contributed by atoms with Gasteiger partial charge in [0.25, 0.3) is 0 Å². The van der Waals surface area contributed by atoms with E-state index in [1.54, 1.807) is 6.92 Å². The molecular weight excluding hydrogens is 263 g/mol. The van der Waals surface area contributed by atoms with Gasteiger partial charge in [-0.05, 0) is 49.9 Å². The molecular formula is C14H17FN2O3. The zero-order valence-corrected chi connectivity index (χ0v) is 11.1. The number of halogens is 1. The van der Waals surface area contributed by atoms with Gasteiger partial charge >= 0.3 is 11.8 Å². The summed E-state index contributed by atoms with van der Waals surface area (Å²) < 4.78 is 12.7. The lowest BCUT2D eigenvalue weighted by Crippen LogP contribution is -2.45. The highest BCUT2D eigenvalue weighted by Gasteiger charge is 2.40. The summed E-state index contributed by atoms with van der Waals surface area (Å²) in [5.41, 5.74) is -0.647. The number of anilines is 1. The van der Waals surface area contributed by atoms with Crippen molar-refractivity contribution in [2.24, 2.45) is 5.92 Å². The highest BCUT2D eigenvalue weighted by Crippen LogP contribution is 2.38. The summed E-state index contributed by atoms with van der Waals surface area (Å²) in [4.78, 5) is 23.2. The number of carbonyl (C=O) groups is 2. The molecule has 6 heteroatoms. The molecule has 0 unspecified atom stereocenters. The van der Waals surface area contributed by atoms with Gasteiger partial charge in [-0.3, -0.25) is 9.59 Å². The van der Waals surface area contributed by atoms with Crippen molar-refractivity contribution in [3.63, 3.8) is 0 Å². The van der Waals surface area contributed by atoms with Gasteiger partial charge < -0.3 is 15.7 Å². The zero-order valence-electron chi connectivity index (χ0n) is 11.1. The van der Waals surface area contributed by atoms with E-state index >= 15 is 0 Å². The predicted octanol–water partition coefficient (Wildman–Crippen LogP) is 1.04. The lowest BCUT2D eigenvalue weighted by atomic mass is 10.0. The summed E-state index contributed by atoms with van der Waals surface area (Å²) in [5, 5.41) is 14.8. The van der Waals surface area contributed by atoms with Gasteiger partial charge in [0, 0.05) is 12.2 Å². The van der Waals surface area contributed by atoms with Crippen LogP contribution in [0.2, 0.25) is 0 Å². The predicted molar refractivity (Wildman–Crippen MR) is 71.4 cm³/mol. The Labute approximate surface area is 116 Å². The Bertz CT molecular complexity index is 510. The minimum absolute atomic E-state index is 0.0351. The maximum absolute atomic E-state index is 12.7. The molecule has 0 aliphatic heterocycles. The lowest BCUT2D eigenvalue weighted by Gasteiger charge is -2.22. The molecule has 1 saturated carbocycles. The molecule has 5 nitrogen and oxygen atoms in total. The van der Waals surface area contributed by atoms with Gasteiger partial charge in [-0.1, -0.05) is 0 Å². The van der Waals surface area contributed by atoms with E-state index in [9.17, 15) is 19.1 Å². The van der Waals surface area contributed by atoms with Crippen LogP contribution in [0, 0.1) is 11.7 Å². The standard InChI is InChI=1S/C14H17FN2O3/c1-14(20,9-2-3-9)8-16-12(18)13(19)17-11-6-4-10(15)5-7-11/h4-7,9,20H,2-3,8H2,1H3,(H,16,18)(H,17,19)/t14-/m1/s1. The molecule has 0 saturated heterocycles. The molecule has 0 radical (unpaired) electrons. The Morgan fingerprint density at radius 1 is 1.30 bits per heavy atom. The van der Waals surface area contributed by atoms with Gasteiger partial charge in [-0.2, -0.15) is 0 Å². The van der Waals surface area contributed by atoms with E-state index in [1.807, 2.05) is 0 Å². The van der Waals surface area contributed by atoms with Crippen LogP contribution >= 0.6 is 0 Å². The zero-order chi connectivity index (χ0) is 14.8.